The van der Waals surface area contributed by atoms with Gasteiger partial charge in [-0.1, -0.05) is 47.5 Å². The predicted octanol–water partition coefficient (Wildman–Crippen LogP) is 6.89. The predicted molar refractivity (Wildman–Crippen MR) is 117 cm³/mol. The number of halogens is 2. The number of carboxylic acid groups (broad SMARTS) is 1. The van der Waals surface area contributed by atoms with Crippen LogP contribution in [0.5, 0.6) is 0 Å². The van der Waals surface area contributed by atoms with Crippen molar-refractivity contribution in [1.29, 1.82) is 0 Å². The number of amides is 1. The Balaban J connectivity index is 1.71. The zero-order chi connectivity index (χ0) is 19.8. The number of anilines is 1. The van der Waals surface area contributed by atoms with Crippen molar-refractivity contribution in [2.45, 2.75) is 0 Å². The Morgan fingerprint density at radius 3 is 2.54 bits per heavy atom. The lowest BCUT2D eigenvalue weighted by molar-refractivity contribution is 0.0699. The van der Waals surface area contributed by atoms with Gasteiger partial charge < -0.3 is 10.4 Å². The number of nitrogens with one attached hydrogen (secondary N) is 1. The lowest BCUT2D eigenvalue weighted by Crippen LogP contribution is -2.12. The summed E-state index contributed by atoms with van der Waals surface area (Å²) in [4.78, 5) is 25.6. The van der Waals surface area contributed by atoms with Crippen LogP contribution in [0.15, 0.2) is 53.9 Å². The highest BCUT2D eigenvalue weighted by atomic mass is 35.5. The molecule has 0 bridgehead atoms. The fourth-order valence-corrected chi connectivity index (χ4v) is 5.36. The van der Waals surface area contributed by atoms with Crippen LogP contribution in [0.1, 0.15) is 20.0 Å². The molecule has 1 amide bonds. The molecule has 28 heavy (non-hydrogen) atoms. The van der Waals surface area contributed by atoms with Gasteiger partial charge in [-0.3, -0.25) is 4.79 Å². The minimum absolute atomic E-state index is 0.00341. The number of rotatable bonds is 4. The van der Waals surface area contributed by atoms with Gasteiger partial charge in [-0.05, 0) is 29.7 Å². The van der Waals surface area contributed by atoms with Gasteiger partial charge in [0.2, 0.25) is 0 Å². The molecule has 4 nitrogen and oxygen atoms in total. The van der Waals surface area contributed by atoms with Crippen LogP contribution >= 0.6 is 45.9 Å². The maximum atomic E-state index is 12.7. The minimum Gasteiger partial charge on any atom is -0.478 e. The minimum atomic E-state index is -1.14. The third kappa shape index (κ3) is 3.52. The molecule has 0 fully saturated rings. The van der Waals surface area contributed by atoms with Crippen molar-refractivity contribution < 1.29 is 14.7 Å². The first-order valence-corrected chi connectivity index (χ1v) is 10.5. The van der Waals surface area contributed by atoms with Crippen LogP contribution in [0.3, 0.4) is 0 Å². The largest absolute Gasteiger partial charge is 0.478 e. The second kappa shape index (κ2) is 7.56. The van der Waals surface area contributed by atoms with Gasteiger partial charge in [-0.2, -0.15) is 0 Å². The van der Waals surface area contributed by atoms with E-state index in [1.807, 2.05) is 24.3 Å². The molecule has 4 rings (SSSR count). The molecule has 0 aliphatic carbocycles. The molecule has 0 aliphatic heterocycles. The molecule has 8 heteroatoms. The van der Waals surface area contributed by atoms with Crippen molar-refractivity contribution in [3.8, 4) is 10.4 Å². The van der Waals surface area contributed by atoms with Crippen LogP contribution in [0, 0.1) is 0 Å². The Morgan fingerprint density at radius 1 is 1.04 bits per heavy atom. The van der Waals surface area contributed by atoms with E-state index in [1.165, 1.54) is 22.7 Å². The summed E-state index contributed by atoms with van der Waals surface area (Å²) in [5, 5.41) is 15.8. The number of benzene rings is 2. The van der Waals surface area contributed by atoms with Crippen molar-refractivity contribution >= 4 is 73.5 Å². The first-order chi connectivity index (χ1) is 13.4. The van der Waals surface area contributed by atoms with Crippen LogP contribution in [0.2, 0.25) is 10.0 Å². The van der Waals surface area contributed by atoms with Gasteiger partial charge in [-0.15, -0.1) is 22.7 Å². The molecular weight excluding hydrogens is 437 g/mol. The zero-order valence-corrected chi connectivity index (χ0v) is 17.2. The molecule has 0 saturated carbocycles. The van der Waals surface area contributed by atoms with Gasteiger partial charge >= 0.3 is 5.97 Å². The van der Waals surface area contributed by atoms with Crippen LogP contribution < -0.4 is 5.32 Å². The molecule has 2 heterocycles. The van der Waals surface area contributed by atoms with E-state index >= 15 is 0 Å². The summed E-state index contributed by atoms with van der Waals surface area (Å²) in [5.74, 6) is -1.50. The van der Waals surface area contributed by atoms with E-state index < -0.39 is 5.97 Å². The summed E-state index contributed by atoms with van der Waals surface area (Å²) in [7, 11) is 0. The highest BCUT2D eigenvalue weighted by Crippen LogP contribution is 2.40. The molecule has 0 saturated heterocycles. The summed E-state index contributed by atoms with van der Waals surface area (Å²) in [5.41, 5.74) is 0.792. The van der Waals surface area contributed by atoms with Gasteiger partial charge in [0.25, 0.3) is 5.91 Å². The molecule has 0 unspecified atom stereocenters. The van der Waals surface area contributed by atoms with E-state index in [-0.39, 0.29) is 17.2 Å². The van der Waals surface area contributed by atoms with Crippen molar-refractivity contribution in [2.24, 2.45) is 0 Å². The third-order valence-corrected chi connectivity index (χ3v) is 6.75. The number of carbonyl (C=O) groups excluding carboxylic acids is 1. The normalized spacial score (nSPS) is 10.9. The highest BCUT2D eigenvalue weighted by molar-refractivity contribution is 7.21. The van der Waals surface area contributed by atoms with Crippen molar-refractivity contribution in [1.82, 2.24) is 0 Å². The van der Waals surface area contributed by atoms with E-state index in [9.17, 15) is 14.7 Å². The number of carboxylic acids is 1. The summed E-state index contributed by atoms with van der Waals surface area (Å²) in [6.45, 7) is 0. The molecule has 0 aliphatic rings. The quantitative estimate of drug-likeness (QED) is 0.357. The van der Waals surface area contributed by atoms with Crippen molar-refractivity contribution in [2.75, 3.05) is 5.32 Å². The third-order valence-electron chi connectivity index (χ3n) is 4.08. The lowest BCUT2D eigenvalue weighted by Gasteiger charge is -2.07. The first kappa shape index (κ1) is 19.0. The molecule has 2 aromatic carbocycles. The SMILES string of the molecule is O=C(Nc1csc(-c2ccc(Cl)cc2Cl)c1C(=O)O)c1cc2ccccc2s1. The molecule has 0 atom stereocenters. The smallest absolute Gasteiger partial charge is 0.339 e. The van der Waals surface area contributed by atoms with E-state index in [1.54, 1.807) is 29.6 Å². The zero-order valence-electron chi connectivity index (χ0n) is 14.0. The van der Waals surface area contributed by atoms with E-state index in [0.29, 0.717) is 25.4 Å². The molecular formula is C20H11Cl2NO3S2. The van der Waals surface area contributed by atoms with Gasteiger partial charge in [-0.25, -0.2) is 4.79 Å². The van der Waals surface area contributed by atoms with Crippen LogP contribution in [0.4, 0.5) is 5.69 Å². The second-order valence-electron chi connectivity index (χ2n) is 5.89. The van der Waals surface area contributed by atoms with Gasteiger partial charge in [0.05, 0.1) is 20.5 Å². The topological polar surface area (TPSA) is 66.4 Å². The molecule has 4 aromatic rings. The highest BCUT2D eigenvalue weighted by Gasteiger charge is 2.23. The molecule has 0 spiro atoms. The van der Waals surface area contributed by atoms with Gasteiger partial charge in [0.1, 0.15) is 5.56 Å². The molecule has 2 N–H and O–H groups in total. The monoisotopic (exact) mass is 447 g/mol. The fourth-order valence-electron chi connectivity index (χ4n) is 2.81. The second-order valence-corrected chi connectivity index (χ2v) is 8.69. The number of aromatic carboxylic acids is 1. The maximum Gasteiger partial charge on any atom is 0.339 e. The van der Waals surface area contributed by atoms with E-state index in [2.05, 4.69) is 5.32 Å². The number of hydrogen-bond acceptors (Lipinski definition) is 4. The number of carbonyl (C=O) groups is 2. The van der Waals surface area contributed by atoms with Gasteiger partial charge in [0, 0.05) is 20.7 Å². The van der Waals surface area contributed by atoms with Crippen LogP contribution in [-0.4, -0.2) is 17.0 Å². The fraction of sp³-hybridized carbons (Fsp3) is 0. The number of fused-ring (bicyclic) bond motifs is 1. The maximum absolute atomic E-state index is 12.7. The number of hydrogen-bond donors (Lipinski definition) is 2. The summed E-state index contributed by atoms with van der Waals surface area (Å²) >= 11 is 14.7. The summed E-state index contributed by atoms with van der Waals surface area (Å²) in [6, 6.07) is 14.3. The standard InChI is InChI=1S/C20H11Cl2NO3S2/c21-11-5-6-12(13(22)8-11)18-17(20(25)26)14(9-27-18)23-19(24)16-7-10-3-1-2-4-15(10)28-16/h1-9H,(H,23,24)(H,25,26). The summed E-state index contributed by atoms with van der Waals surface area (Å²) in [6.07, 6.45) is 0. The Morgan fingerprint density at radius 2 is 1.82 bits per heavy atom. The number of thiophene rings is 2. The van der Waals surface area contributed by atoms with Crippen LogP contribution in [-0.2, 0) is 0 Å². The van der Waals surface area contributed by atoms with Crippen molar-refractivity contribution in [3.63, 3.8) is 0 Å². The summed E-state index contributed by atoms with van der Waals surface area (Å²) < 4.78 is 0.991. The Bertz CT molecular complexity index is 1200. The van der Waals surface area contributed by atoms with Crippen molar-refractivity contribution in [3.05, 3.63) is 74.4 Å². The lowest BCUT2D eigenvalue weighted by atomic mass is 10.1. The molecule has 2 aromatic heterocycles. The average Bonchev–Trinajstić information content (AvgIpc) is 3.26. The van der Waals surface area contributed by atoms with E-state index in [0.717, 1.165) is 10.1 Å². The molecule has 140 valence electrons. The van der Waals surface area contributed by atoms with Crippen LogP contribution in [0.25, 0.3) is 20.5 Å². The first-order valence-electron chi connectivity index (χ1n) is 8.04. The Kier molecular flexibility index (Phi) is 5.12. The average molecular weight is 448 g/mol. The van der Waals surface area contributed by atoms with E-state index in [4.69, 9.17) is 23.2 Å². The molecule has 0 radical (unpaired) electrons. The van der Waals surface area contributed by atoms with Gasteiger partial charge in [0.15, 0.2) is 0 Å². The Hall–Kier alpha value is -2.38. The Labute approximate surface area is 178 Å².